The number of nitrogens with zero attached hydrogens (tertiary/aromatic N) is 4. The topological polar surface area (TPSA) is 73.4 Å². The first-order chi connectivity index (χ1) is 19.5. The summed E-state index contributed by atoms with van der Waals surface area (Å²) in [7, 11) is 0. The van der Waals surface area contributed by atoms with Crippen LogP contribution in [-0.2, 0) is 11.3 Å². The maximum atomic E-state index is 13.4. The van der Waals surface area contributed by atoms with Crippen molar-refractivity contribution in [3.05, 3.63) is 76.0 Å². The summed E-state index contributed by atoms with van der Waals surface area (Å²) in [6.45, 7) is 7.23. The van der Waals surface area contributed by atoms with E-state index in [0.717, 1.165) is 47.9 Å². The van der Waals surface area contributed by atoms with Gasteiger partial charge in [0.15, 0.2) is 0 Å². The van der Waals surface area contributed by atoms with E-state index in [4.69, 9.17) is 4.74 Å². The van der Waals surface area contributed by atoms with Gasteiger partial charge in [0.05, 0.1) is 35.7 Å². The minimum atomic E-state index is -0.233. The second kappa shape index (κ2) is 11.3. The van der Waals surface area contributed by atoms with Crippen LogP contribution < -0.4 is 14.5 Å². The van der Waals surface area contributed by atoms with Gasteiger partial charge in [-0.1, -0.05) is 24.3 Å². The van der Waals surface area contributed by atoms with Crippen LogP contribution in [0.1, 0.15) is 45.4 Å². The maximum Gasteiger partial charge on any atom is 0.264 e. The van der Waals surface area contributed by atoms with Gasteiger partial charge in [0.25, 0.3) is 11.8 Å². The standard InChI is InChI=1S/C31H34N4O4S/c1-2-39-27-11-4-3-9-25(27)33-16-18-34(19-17-33)29(36)22-12-14-32(15-13-22)26-10-5-8-24-28(26)31(38)35(30(24)37)21-23-7-6-20-40-23/h3-11,20,22H,2,12-19,21H2,1H3. The quantitative estimate of drug-likeness (QED) is 0.398. The first-order valence-corrected chi connectivity index (χ1v) is 14.9. The number of piperidine rings is 1. The Hall–Kier alpha value is -3.85. The van der Waals surface area contributed by atoms with E-state index in [-0.39, 0.29) is 23.6 Å². The number of carbonyl (C=O) groups is 3. The molecule has 208 valence electrons. The fourth-order valence-corrected chi connectivity index (χ4v) is 6.76. The molecule has 1 aromatic heterocycles. The maximum absolute atomic E-state index is 13.4. The Balaban J connectivity index is 1.07. The molecule has 2 aromatic carbocycles. The van der Waals surface area contributed by atoms with Gasteiger partial charge in [-0.05, 0) is 55.5 Å². The molecule has 4 heterocycles. The number of imide groups is 1. The zero-order valence-electron chi connectivity index (χ0n) is 22.8. The second-order valence-electron chi connectivity index (χ2n) is 10.4. The summed E-state index contributed by atoms with van der Waals surface area (Å²) in [4.78, 5) is 48.7. The number of benzene rings is 2. The van der Waals surface area contributed by atoms with Crippen molar-refractivity contribution in [2.24, 2.45) is 5.92 Å². The van der Waals surface area contributed by atoms with Crippen molar-refractivity contribution in [2.75, 3.05) is 55.7 Å². The minimum absolute atomic E-state index is 0.0251. The lowest BCUT2D eigenvalue weighted by Crippen LogP contribution is -2.51. The fourth-order valence-electron chi connectivity index (χ4n) is 6.07. The Labute approximate surface area is 238 Å². The van der Waals surface area contributed by atoms with E-state index in [1.165, 1.54) is 4.90 Å². The summed E-state index contributed by atoms with van der Waals surface area (Å²) in [5.41, 5.74) is 2.86. The average Bonchev–Trinajstić information content (AvgIpc) is 3.60. The van der Waals surface area contributed by atoms with E-state index in [2.05, 4.69) is 15.9 Å². The Morgan fingerprint density at radius 3 is 2.30 bits per heavy atom. The van der Waals surface area contributed by atoms with Gasteiger partial charge < -0.3 is 19.4 Å². The summed E-state index contributed by atoms with van der Waals surface area (Å²) in [5, 5.41) is 1.95. The Morgan fingerprint density at radius 1 is 0.850 bits per heavy atom. The van der Waals surface area contributed by atoms with Crippen LogP contribution in [0.2, 0.25) is 0 Å². The molecule has 0 saturated carbocycles. The summed E-state index contributed by atoms with van der Waals surface area (Å²) in [6.07, 6.45) is 1.47. The summed E-state index contributed by atoms with van der Waals surface area (Å²) >= 11 is 1.54. The molecule has 2 fully saturated rings. The number of amides is 3. The van der Waals surface area contributed by atoms with Crippen molar-refractivity contribution < 1.29 is 19.1 Å². The summed E-state index contributed by atoms with van der Waals surface area (Å²) in [5.74, 6) is 0.626. The van der Waals surface area contributed by atoms with Gasteiger partial charge in [0, 0.05) is 50.1 Å². The van der Waals surface area contributed by atoms with Gasteiger partial charge in [0.1, 0.15) is 5.75 Å². The Morgan fingerprint density at radius 2 is 1.57 bits per heavy atom. The van der Waals surface area contributed by atoms with E-state index in [9.17, 15) is 14.4 Å². The molecule has 0 atom stereocenters. The van der Waals surface area contributed by atoms with Gasteiger partial charge in [-0.25, -0.2) is 0 Å². The van der Waals surface area contributed by atoms with E-state index >= 15 is 0 Å². The van der Waals surface area contributed by atoms with E-state index < -0.39 is 0 Å². The van der Waals surface area contributed by atoms with Crippen molar-refractivity contribution in [1.82, 2.24) is 9.80 Å². The second-order valence-corrected chi connectivity index (χ2v) is 11.5. The molecular weight excluding hydrogens is 524 g/mol. The van der Waals surface area contributed by atoms with Crippen molar-refractivity contribution >= 4 is 40.4 Å². The number of fused-ring (bicyclic) bond motifs is 1. The monoisotopic (exact) mass is 558 g/mol. The number of hydrogen-bond acceptors (Lipinski definition) is 7. The molecule has 0 bridgehead atoms. The predicted molar refractivity (Wildman–Crippen MR) is 156 cm³/mol. The fraction of sp³-hybridized carbons (Fsp3) is 0.387. The molecule has 0 radical (unpaired) electrons. The molecule has 3 aromatic rings. The van der Waals surface area contributed by atoms with Crippen molar-refractivity contribution in [2.45, 2.75) is 26.3 Å². The first-order valence-electron chi connectivity index (χ1n) is 14.1. The van der Waals surface area contributed by atoms with Crippen LogP contribution in [0.25, 0.3) is 0 Å². The zero-order chi connectivity index (χ0) is 27.6. The first kappa shape index (κ1) is 26.4. The smallest absolute Gasteiger partial charge is 0.264 e. The number of ether oxygens (including phenoxy) is 1. The third-order valence-electron chi connectivity index (χ3n) is 8.15. The number of carbonyl (C=O) groups excluding carboxylic acids is 3. The molecular formula is C31H34N4O4S. The molecule has 3 aliphatic heterocycles. The van der Waals surface area contributed by atoms with Gasteiger partial charge >= 0.3 is 0 Å². The number of thiophene rings is 1. The molecule has 0 aliphatic carbocycles. The molecule has 40 heavy (non-hydrogen) atoms. The van der Waals surface area contributed by atoms with Crippen LogP contribution in [-0.4, -0.2) is 73.4 Å². The Bertz CT molecular complexity index is 1390. The highest BCUT2D eigenvalue weighted by Crippen LogP contribution is 2.35. The van der Waals surface area contributed by atoms with Crippen molar-refractivity contribution in [3.63, 3.8) is 0 Å². The lowest BCUT2D eigenvalue weighted by atomic mass is 9.93. The molecule has 9 heteroatoms. The molecule has 0 spiro atoms. The largest absolute Gasteiger partial charge is 0.492 e. The highest BCUT2D eigenvalue weighted by Gasteiger charge is 2.39. The SMILES string of the molecule is CCOc1ccccc1N1CCN(C(=O)C2CCN(c3cccc4c3C(=O)N(Cc3cccs3)C4=O)CC2)CC1. The van der Waals surface area contributed by atoms with Crippen LogP contribution in [0.4, 0.5) is 11.4 Å². The molecule has 0 N–H and O–H groups in total. The lowest BCUT2D eigenvalue weighted by Gasteiger charge is -2.40. The van der Waals surface area contributed by atoms with Crippen LogP contribution in [0.15, 0.2) is 60.0 Å². The number of anilines is 2. The van der Waals surface area contributed by atoms with Crippen LogP contribution in [0.5, 0.6) is 5.75 Å². The van der Waals surface area contributed by atoms with Gasteiger partial charge in [-0.3, -0.25) is 19.3 Å². The lowest BCUT2D eigenvalue weighted by molar-refractivity contribution is -0.136. The Kier molecular flexibility index (Phi) is 7.47. The molecule has 6 rings (SSSR count). The van der Waals surface area contributed by atoms with Crippen LogP contribution in [0, 0.1) is 5.92 Å². The van der Waals surface area contributed by atoms with Crippen LogP contribution in [0.3, 0.4) is 0 Å². The summed E-state index contributed by atoms with van der Waals surface area (Å²) < 4.78 is 5.81. The molecule has 3 aliphatic rings. The summed E-state index contributed by atoms with van der Waals surface area (Å²) in [6, 6.07) is 17.5. The molecule has 2 saturated heterocycles. The minimum Gasteiger partial charge on any atom is -0.492 e. The van der Waals surface area contributed by atoms with E-state index in [1.54, 1.807) is 17.4 Å². The third kappa shape index (κ3) is 4.94. The number of hydrogen-bond donors (Lipinski definition) is 0. The number of para-hydroxylation sites is 2. The number of piperazine rings is 1. The highest BCUT2D eigenvalue weighted by atomic mass is 32.1. The predicted octanol–water partition coefficient (Wildman–Crippen LogP) is 4.51. The molecule has 0 unspecified atom stereocenters. The third-order valence-corrected chi connectivity index (χ3v) is 9.01. The van der Waals surface area contributed by atoms with Gasteiger partial charge in [-0.15, -0.1) is 11.3 Å². The normalized spacial score (nSPS) is 17.9. The van der Waals surface area contributed by atoms with Crippen molar-refractivity contribution in [1.29, 1.82) is 0 Å². The highest BCUT2D eigenvalue weighted by molar-refractivity contribution is 7.09. The number of rotatable bonds is 7. The van der Waals surface area contributed by atoms with Gasteiger partial charge in [-0.2, -0.15) is 0 Å². The average molecular weight is 559 g/mol. The van der Waals surface area contributed by atoms with Crippen molar-refractivity contribution in [3.8, 4) is 5.75 Å². The zero-order valence-corrected chi connectivity index (χ0v) is 23.6. The van der Waals surface area contributed by atoms with E-state index in [0.29, 0.717) is 50.5 Å². The molecule has 8 nitrogen and oxygen atoms in total. The van der Waals surface area contributed by atoms with Crippen LogP contribution >= 0.6 is 11.3 Å². The van der Waals surface area contributed by atoms with E-state index in [1.807, 2.05) is 59.7 Å². The molecule has 3 amide bonds. The van der Waals surface area contributed by atoms with Gasteiger partial charge in [0.2, 0.25) is 5.91 Å².